The topological polar surface area (TPSA) is 37.8 Å². The Balaban J connectivity index is 2.17. The maximum Gasteiger partial charge on any atom is 0.115 e. The van der Waals surface area contributed by atoms with Gasteiger partial charge in [0.15, 0.2) is 0 Å². The summed E-state index contributed by atoms with van der Waals surface area (Å²) < 4.78 is 0. The molecule has 1 atom stereocenters. The summed E-state index contributed by atoms with van der Waals surface area (Å²) in [6.45, 7) is 3.11. The Labute approximate surface area is 110 Å². The largest absolute Gasteiger partial charge is 0.306 e. The number of nitrogens with zero attached hydrogens (tertiary/aromatic N) is 2. The molecule has 1 aromatic rings. The Morgan fingerprint density at radius 1 is 1.28 bits per heavy atom. The van der Waals surface area contributed by atoms with Gasteiger partial charge in [0.05, 0.1) is 11.7 Å². The third kappa shape index (κ3) is 3.64. The average Bonchev–Trinajstić information content (AvgIpc) is 2.38. The highest BCUT2D eigenvalue weighted by atomic mass is 14.9. The Hall–Kier alpha value is -1.22. The molecule has 0 aromatic carbocycles. The highest BCUT2D eigenvalue weighted by molar-refractivity contribution is 5.21. The van der Waals surface area contributed by atoms with Crippen LogP contribution in [0.2, 0.25) is 0 Å². The van der Waals surface area contributed by atoms with Crippen LogP contribution in [0.25, 0.3) is 0 Å². The molecule has 0 aliphatic heterocycles. The third-order valence-corrected chi connectivity index (χ3v) is 3.51. The van der Waals surface area contributed by atoms with Crippen LogP contribution in [0.1, 0.15) is 57.2 Å². The zero-order valence-corrected chi connectivity index (χ0v) is 11.2. The molecule has 1 heterocycles. The molecule has 0 fully saturated rings. The van der Waals surface area contributed by atoms with E-state index in [1.54, 1.807) is 6.33 Å². The number of aromatic nitrogens is 2. The van der Waals surface area contributed by atoms with Gasteiger partial charge in [-0.25, -0.2) is 9.97 Å². The average molecular weight is 245 g/mol. The quantitative estimate of drug-likeness (QED) is 0.826. The number of likely N-dealkylation sites (N-methyl/N-ethyl adjacent to an activating group) is 1. The summed E-state index contributed by atoms with van der Waals surface area (Å²) in [6.07, 6.45) is 13.7. The molecule has 0 amide bonds. The summed E-state index contributed by atoms with van der Waals surface area (Å²) in [5.74, 6) is 0. The van der Waals surface area contributed by atoms with Crippen LogP contribution in [0.3, 0.4) is 0 Å². The molecule has 1 N–H and O–H groups in total. The number of allylic oxidation sites excluding steroid dienone is 1. The lowest BCUT2D eigenvalue weighted by Crippen LogP contribution is -2.24. The molecule has 98 valence electrons. The van der Waals surface area contributed by atoms with E-state index in [-0.39, 0.29) is 6.04 Å². The van der Waals surface area contributed by atoms with Crippen LogP contribution < -0.4 is 5.32 Å². The van der Waals surface area contributed by atoms with E-state index in [0.717, 1.165) is 12.2 Å². The molecule has 1 aliphatic rings. The molecule has 1 aromatic heterocycles. The Bertz CT molecular complexity index is 373. The second-order valence-electron chi connectivity index (χ2n) is 4.86. The Kier molecular flexibility index (Phi) is 5.34. The SMILES string of the molecule is CCNC(/C1=C/CCCCCC1)c1ccncn1. The molecule has 0 spiro atoms. The van der Waals surface area contributed by atoms with Gasteiger partial charge >= 0.3 is 0 Å². The first-order valence-electron chi connectivity index (χ1n) is 7.10. The lowest BCUT2D eigenvalue weighted by molar-refractivity contribution is 0.545. The molecule has 0 saturated heterocycles. The summed E-state index contributed by atoms with van der Waals surface area (Å²) in [6, 6.07) is 2.29. The zero-order chi connectivity index (χ0) is 12.6. The van der Waals surface area contributed by atoms with Crippen LogP contribution in [0, 0.1) is 0 Å². The molecular weight excluding hydrogens is 222 g/mol. The summed E-state index contributed by atoms with van der Waals surface area (Å²) in [4.78, 5) is 8.42. The zero-order valence-electron chi connectivity index (χ0n) is 11.2. The second kappa shape index (κ2) is 7.27. The lowest BCUT2D eigenvalue weighted by atomic mass is 9.93. The second-order valence-corrected chi connectivity index (χ2v) is 4.86. The maximum absolute atomic E-state index is 4.41. The fraction of sp³-hybridized carbons (Fsp3) is 0.600. The molecule has 0 radical (unpaired) electrons. The van der Waals surface area contributed by atoms with Crippen molar-refractivity contribution in [2.45, 2.75) is 51.5 Å². The third-order valence-electron chi connectivity index (χ3n) is 3.51. The van der Waals surface area contributed by atoms with Gasteiger partial charge in [0.1, 0.15) is 6.33 Å². The van der Waals surface area contributed by atoms with Gasteiger partial charge in [-0.3, -0.25) is 0 Å². The predicted molar refractivity (Wildman–Crippen MR) is 74.2 cm³/mol. The van der Waals surface area contributed by atoms with Crippen molar-refractivity contribution in [2.75, 3.05) is 6.54 Å². The van der Waals surface area contributed by atoms with Gasteiger partial charge in [-0.1, -0.05) is 31.4 Å². The number of hydrogen-bond donors (Lipinski definition) is 1. The van der Waals surface area contributed by atoms with E-state index in [2.05, 4.69) is 28.3 Å². The van der Waals surface area contributed by atoms with Crippen LogP contribution in [0.15, 0.2) is 30.2 Å². The fourth-order valence-electron chi connectivity index (χ4n) is 2.58. The summed E-state index contributed by atoms with van der Waals surface area (Å²) in [7, 11) is 0. The predicted octanol–water partition coefficient (Wildman–Crippen LogP) is 3.41. The minimum absolute atomic E-state index is 0.274. The van der Waals surface area contributed by atoms with Gasteiger partial charge in [0.2, 0.25) is 0 Å². The van der Waals surface area contributed by atoms with Gasteiger partial charge in [0.25, 0.3) is 0 Å². The molecule has 0 saturated carbocycles. The molecule has 3 heteroatoms. The van der Waals surface area contributed by atoms with Crippen LogP contribution in [-0.4, -0.2) is 16.5 Å². The van der Waals surface area contributed by atoms with E-state index in [9.17, 15) is 0 Å². The highest BCUT2D eigenvalue weighted by Gasteiger charge is 2.17. The lowest BCUT2D eigenvalue weighted by Gasteiger charge is -2.22. The van der Waals surface area contributed by atoms with Crippen molar-refractivity contribution < 1.29 is 0 Å². The minimum atomic E-state index is 0.274. The first-order valence-corrected chi connectivity index (χ1v) is 7.10. The standard InChI is InChI=1S/C15H23N3/c1-2-17-15(14-10-11-16-12-18-14)13-8-6-4-3-5-7-9-13/h8,10-12,15,17H,2-7,9H2,1H3/b13-8+. The van der Waals surface area contributed by atoms with Crippen LogP contribution in [0.5, 0.6) is 0 Å². The van der Waals surface area contributed by atoms with Crippen LogP contribution >= 0.6 is 0 Å². The van der Waals surface area contributed by atoms with E-state index in [0.29, 0.717) is 0 Å². The van der Waals surface area contributed by atoms with E-state index in [4.69, 9.17) is 0 Å². The molecular formula is C15H23N3. The fourth-order valence-corrected chi connectivity index (χ4v) is 2.58. The molecule has 2 rings (SSSR count). The van der Waals surface area contributed by atoms with E-state index >= 15 is 0 Å². The van der Waals surface area contributed by atoms with Crippen molar-refractivity contribution in [3.63, 3.8) is 0 Å². The van der Waals surface area contributed by atoms with Crippen molar-refractivity contribution in [1.29, 1.82) is 0 Å². The molecule has 3 nitrogen and oxygen atoms in total. The summed E-state index contributed by atoms with van der Waals surface area (Å²) in [5, 5.41) is 3.56. The van der Waals surface area contributed by atoms with Crippen molar-refractivity contribution in [2.24, 2.45) is 0 Å². The maximum atomic E-state index is 4.41. The molecule has 1 unspecified atom stereocenters. The van der Waals surface area contributed by atoms with Crippen LogP contribution in [0.4, 0.5) is 0 Å². The molecule has 18 heavy (non-hydrogen) atoms. The monoisotopic (exact) mass is 245 g/mol. The van der Waals surface area contributed by atoms with Gasteiger partial charge in [-0.05, 0) is 38.3 Å². The Morgan fingerprint density at radius 3 is 2.94 bits per heavy atom. The van der Waals surface area contributed by atoms with Crippen molar-refractivity contribution in [3.05, 3.63) is 35.9 Å². The molecule has 1 aliphatic carbocycles. The molecule has 0 bridgehead atoms. The first-order chi connectivity index (χ1) is 8.92. The minimum Gasteiger partial charge on any atom is -0.306 e. The van der Waals surface area contributed by atoms with E-state index in [1.165, 1.54) is 44.1 Å². The van der Waals surface area contributed by atoms with Gasteiger partial charge in [-0.15, -0.1) is 0 Å². The number of nitrogens with one attached hydrogen (secondary N) is 1. The smallest absolute Gasteiger partial charge is 0.115 e. The van der Waals surface area contributed by atoms with Crippen LogP contribution in [-0.2, 0) is 0 Å². The Morgan fingerprint density at radius 2 is 2.17 bits per heavy atom. The van der Waals surface area contributed by atoms with E-state index in [1.807, 2.05) is 12.3 Å². The van der Waals surface area contributed by atoms with Crippen molar-refractivity contribution in [3.8, 4) is 0 Å². The van der Waals surface area contributed by atoms with Crippen molar-refractivity contribution >= 4 is 0 Å². The van der Waals surface area contributed by atoms with Gasteiger partial charge in [0, 0.05) is 6.20 Å². The first kappa shape index (κ1) is 13.2. The van der Waals surface area contributed by atoms with E-state index < -0.39 is 0 Å². The number of rotatable bonds is 4. The van der Waals surface area contributed by atoms with Gasteiger partial charge < -0.3 is 5.32 Å². The summed E-state index contributed by atoms with van der Waals surface area (Å²) >= 11 is 0. The van der Waals surface area contributed by atoms with Gasteiger partial charge in [-0.2, -0.15) is 0 Å². The normalized spacial score (nSPS) is 21.5. The number of hydrogen-bond acceptors (Lipinski definition) is 3. The highest BCUT2D eigenvalue weighted by Crippen LogP contribution is 2.27. The van der Waals surface area contributed by atoms with Crippen molar-refractivity contribution in [1.82, 2.24) is 15.3 Å². The summed E-state index contributed by atoms with van der Waals surface area (Å²) in [5.41, 5.74) is 2.61.